The highest BCUT2D eigenvalue weighted by Crippen LogP contribution is 2.29. The number of hydrogen-bond acceptors (Lipinski definition) is 6. The number of nitrogens with one attached hydrogen (secondary N) is 2. The minimum absolute atomic E-state index is 0.0906. The van der Waals surface area contributed by atoms with Crippen LogP contribution in [-0.2, 0) is 9.47 Å². The molecule has 1 atom stereocenters. The Morgan fingerprint density at radius 2 is 2.16 bits per heavy atom. The molecule has 2 heterocycles. The van der Waals surface area contributed by atoms with E-state index in [2.05, 4.69) is 54.7 Å². The summed E-state index contributed by atoms with van der Waals surface area (Å²) in [5.41, 5.74) is 4.54. The molecule has 170 valence electrons. The van der Waals surface area contributed by atoms with Crippen molar-refractivity contribution in [3.8, 4) is 0 Å². The molecule has 0 amide bonds. The third-order valence-electron chi connectivity index (χ3n) is 5.79. The summed E-state index contributed by atoms with van der Waals surface area (Å²) in [7, 11) is 4.07. The molecule has 31 heavy (non-hydrogen) atoms. The standard InChI is InChI=1S/C25H38N4O2/c1-6-9-23(30-7-2)24-21(22(26-4)12-13-28-24)16-27-15-19-14-18(3)25(29(5)17-19)31-20-10-8-11-20/h9,12-14,16,20,22,26,28H,6-8,10-11,15,17H2,1-5H3/b23-9+,27-16?. The van der Waals surface area contributed by atoms with Crippen LogP contribution < -0.4 is 10.6 Å². The third kappa shape index (κ3) is 5.82. The van der Waals surface area contributed by atoms with Crippen molar-refractivity contribution < 1.29 is 9.47 Å². The van der Waals surface area contributed by atoms with Crippen LogP contribution in [0.1, 0.15) is 46.5 Å². The number of ether oxygens (including phenoxy) is 2. The van der Waals surface area contributed by atoms with E-state index < -0.39 is 0 Å². The number of dihydropyridines is 1. The molecule has 0 radical (unpaired) electrons. The molecule has 1 aliphatic carbocycles. The molecular formula is C25H38N4O2. The van der Waals surface area contributed by atoms with Crippen molar-refractivity contribution in [2.75, 3.05) is 33.8 Å². The number of likely N-dealkylation sites (N-methyl/N-ethyl adjacent to an activating group) is 2. The second-order valence-electron chi connectivity index (χ2n) is 8.30. The van der Waals surface area contributed by atoms with Gasteiger partial charge in [0.1, 0.15) is 11.9 Å². The highest BCUT2D eigenvalue weighted by molar-refractivity contribution is 5.83. The van der Waals surface area contributed by atoms with Crippen LogP contribution in [0, 0.1) is 0 Å². The van der Waals surface area contributed by atoms with Crippen LogP contribution >= 0.6 is 0 Å². The van der Waals surface area contributed by atoms with E-state index in [1.807, 2.05) is 26.4 Å². The molecule has 6 heteroatoms. The topological polar surface area (TPSA) is 58.1 Å². The summed E-state index contributed by atoms with van der Waals surface area (Å²) in [6, 6.07) is 0.0906. The maximum Gasteiger partial charge on any atom is 0.192 e. The summed E-state index contributed by atoms with van der Waals surface area (Å²) >= 11 is 0. The van der Waals surface area contributed by atoms with Gasteiger partial charge < -0.3 is 25.0 Å². The summed E-state index contributed by atoms with van der Waals surface area (Å²) < 4.78 is 12.1. The van der Waals surface area contributed by atoms with Crippen molar-refractivity contribution in [1.29, 1.82) is 0 Å². The Balaban J connectivity index is 1.76. The SMILES string of the molecule is CC/C=C(/OCC)C1=C(C=NCC2=CC(C)=C(OC3CCC3)N(C)C2)C(NC)C=CN1. The van der Waals surface area contributed by atoms with E-state index >= 15 is 0 Å². The highest BCUT2D eigenvalue weighted by atomic mass is 16.5. The predicted molar refractivity (Wildman–Crippen MR) is 128 cm³/mol. The van der Waals surface area contributed by atoms with Crippen molar-refractivity contribution in [1.82, 2.24) is 15.5 Å². The van der Waals surface area contributed by atoms with Crippen molar-refractivity contribution >= 4 is 6.21 Å². The van der Waals surface area contributed by atoms with Crippen LogP contribution in [-0.4, -0.2) is 57.1 Å². The monoisotopic (exact) mass is 426 g/mol. The first kappa shape index (κ1) is 23.2. The summed E-state index contributed by atoms with van der Waals surface area (Å²) in [5.74, 6) is 1.90. The molecule has 1 unspecified atom stereocenters. The second kappa shape index (κ2) is 11.2. The molecule has 2 N–H and O–H groups in total. The highest BCUT2D eigenvalue weighted by Gasteiger charge is 2.25. The first-order valence-corrected chi connectivity index (χ1v) is 11.5. The van der Waals surface area contributed by atoms with E-state index in [0.29, 0.717) is 19.3 Å². The van der Waals surface area contributed by atoms with Gasteiger partial charge in [0.2, 0.25) is 0 Å². The second-order valence-corrected chi connectivity index (χ2v) is 8.30. The minimum Gasteiger partial charge on any atom is -0.492 e. The minimum atomic E-state index is 0.0906. The summed E-state index contributed by atoms with van der Waals surface area (Å²) in [6.07, 6.45) is 15.3. The van der Waals surface area contributed by atoms with Crippen molar-refractivity contribution in [3.63, 3.8) is 0 Å². The molecular weight excluding hydrogens is 388 g/mol. The number of nitrogens with zero attached hydrogens (tertiary/aromatic N) is 2. The first-order chi connectivity index (χ1) is 15.1. The first-order valence-electron chi connectivity index (χ1n) is 11.5. The van der Waals surface area contributed by atoms with Gasteiger partial charge in [-0.05, 0) is 70.5 Å². The van der Waals surface area contributed by atoms with Crippen LogP contribution in [0.4, 0.5) is 0 Å². The molecule has 1 fully saturated rings. The largest absolute Gasteiger partial charge is 0.492 e. The summed E-state index contributed by atoms with van der Waals surface area (Å²) in [5, 5.41) is 6.72. The fraction of sp³-hybridized carbons (Fsp3) is 0.560. The van der Waals surface area contributed by atoms with Crippen LogP contribution in [0.3, 0.4) is 0 Å². The van der Waals surface area contributed by atoms with E-state index in [9.17, 15) is 0 Å². The predicted octanol–water partition coefficient (Wildman–Crippen LogP) is 4.02. The van der Waals surface area contributed by atoms with E-state index in [1.165, 1.54) is 30.4 Å². The number of allylic oxidation sites excluding steroid dienone is 3. The third-order valence-corrected chi connectivity index (χ3v) is 5.79. The molecule has 0 saturated heterocycles. The van der Waals surface area contributed by atoms with Gasteiger partial charge in [-0.3, -0.25) is 4.99 Å². The van der Waals surface area contributed by atoms with Gasteiger partial charge in [-0.2, -0.15) is 0 Å². The molecule has 0 spiro atoms. The van der Waals surface area contributed by atoms with Gasteiger partial charge in [-0.25, -0.2) is 0 Å². The number of rotatable bonds is 10. The molecule has 0 aromatic rings. The number of hydrogen-bond donors (Lipinski definition) is 2. The fourth-order valence-electron chi connectivity index (χ4n) is 4.03. The van der Waals surface area contributed by atoms with E-state index in [1.54, 1.807) is 0 Å². The Morgan fingerprint density at radius 3 is 2.77 bits per heavy atom. The lowest BCUT2D eigenvalue weighted by molar-refractivity contribution is 0.0113. The lowest BCUT2D eigenvalue weighted by Gasteiger charge is -2.34. The van der Waals surface area contributed by atoms with Crippen LogP contribution in [0.25, 0.3) is 0 Å². The number of aliphatic imine (C=N–C) groups is 1. The van der Waals surface area contributed by atoms with Gasteiger partial charge in [0.25, 0.3) is 0 Å². The van der Waals surface area contributed by atoms with Crippen molar-refractivity contribution in [2.45, 2.75) is 58.6 Å². The average molecular weight is 427 g/mol. The Morgan fingerprint density at radius 1 is 1.35 bits per heavy atom. The van der Waals surface area contributed by atoms with Crippen molar-refractivity contribution in [3.05, 3.63) is 58.5 Å². The molecule has 0 bridgehead atoms. The Labute approximate surface area is 187 Å². The zero-order valence-corrected chi connectivity index (χ0v) is 19.7. The molecule has 0 aromatic heterocycles. The molecule has 6 nitrogen and oxygen atoms in total. The zero-order valence-electron chi connectivity index (χ0n) is 19.7. The van der Waals surface area contributed by atoms with E-state index in [-0.39, 0.29) is 6.04 Å². The lowest BCUT2D eigenvalue weighted by Crippen LogP contribution is -2.33. The Kier molecular flexibility index (Phi) is 8.41. The van der Waals surface area contributed by atoms with Gasteiger partial charge >= 0.3 is 0 Å². The van der Waals surface area contributed by atoms with Crippen LogP contribution in [0.2, 0.25) is 0 Å². The van der Waals surface area contributed by atoms with Crippen LogP contribution in [0.5, 0.6) is 0 Å². The molecule has 3 rings (SSSR count). The van der Waals surface area contributed by atoms with E-state index in [4.69, 9.17) is 14.5 Å². The molecule has 2 aliphatic heterocycles. The Hall–Kier alpha value is -2.47. The van der Waals surface area contributed by atoms with Gasteiger partial charge in [0, 0.05) is 31.0 Å². The molecule has 1 saturated carbocycles. The molecule has 0 aromatic carbocycles. The quantitative estimate of drug-likeness (QED) is 0.408. The normalized spacial score (nSPS) is 22.6. The van der Waals surface area contributed by atoms with Gasteiger partial charge in [-0.15, -0.1) is 0 Å². The van der Waals surface area contributed by atoms with Crippen LogP contribution in [0.15, 0.2) is 63.5 Å². The summed E-state index contributed by atoms with van der Waals surface area (Å²) in [4.78, 5) is 7.02. The van der Waals surface area contributed by atoms with Gasteiger partial charge in [0.05, 0.1) is 24.9 Å². The summed E-state index contributed by atoms with van der Waals surface area (Å²) in [6.45, 7) is 8.40. The Bertz CT molecular complexity index is 815. The van der Waals surface area contributed by atoms with Gasteiger partial charge in [0.15, 0.2) is 5.88 Å². The maximum atomic E-state index is 6.19. The average Bonchev–Trinajstić information content (AvgIpc) is 2.72. The zero-order chi connectivity index (χ0) is 22.2. The molecule has 3 aliphatic rings. The van der Waals surface area contributed by atoms with Crippen molar-refractivity contribution in [2.24, 2.45) is 4.99 Å². The van der Waals surface area contributed by atoms with Gasteiger partial charge in [-0.1, -0.05) is 13.0 Å². The fourth-order valence-corrected chi connectivity index (χ4v) is 4.03. The maximum absolute atomic E-state index is 6.19. The van der Waals surface area contributed by atoms with E-state index in [0.717, 1.165) is 35.9 Å². The smallest absolute Gasteiger partial charge is 0.192 e. The lowest BCUT2D eigenvalue weighted by atomic mass is 9.96.